The van der Waals surface area contributed by atoms with Crippen LogP contribution in [0.3, 0.4) is 0 Å². The Hall–Kier alpha value is 0. The van der Waals surface area contributed by atoms with Gasteiger partial charge in [-0.15, -0.1) is 0 Å². The Labute approximate surface area is 71.4 Å². The lowest BCUT2D eigenvalue weighted by atomic mass is 9.71. The minimum atomic E-state index is 0.900. The van der Waals surface area contributed by atoms with Gasteiger partial charge in [0.2, 0.25) is 0 Å². The van der Waals surface area contributed by atoms with Crippen LogP contribution in [-0.4, -0.2) is 0 Å². The van der Waals surface area contributed by atoms with Crippen molar-refractivity contribution in [1.29, 1.82) is 0 Å². The van der Waals surface area contributed by atoms with Gasteiger partial charge in [-0.3, -0.25) is 0 Å². The molecule has 0 spiro atoms. The molecule has 0 heterocycles. The molecule has 1 rings (SSSR count). The van der Waals surface area contributed by atoms with E-state index in [-0.39, 0.29) is 0 Å². The summed E-state index contributed by atoms with van der Waals surface area (Å²) in [5.74, 6) is 3.86. The van der Waals surface area contributed by atoms with Crippen LogP contribution in [0.25, 0.3) is 0 Å². The highest BCUT2D eigenvalue weighted by atomic mass is 14.3. The van der Waals surface area contributed by atoms with Crippen LogP contribution in [0.15, 0.2) is 0 Å². The molecule has 3 atom stereocenters. The molecule has 1 aliphatic rings. The van der Waals surface area contributed by atoms with Crippen molar-refractivity contribution in [2.24, 2.45) is 23.7 Å². The van der Waals surface area contributed by atoms with Gasteiger partial charge in [0, 0.05) is 0 Å². The van der Waals surface area contributed by atoms with Crippen LogP contribution in [0.4, 0.5) is 0 Å². The van der Waals surface area contributed by atoms with Crippen LogP contribution in [-0.2, 0) is 0 Å². The molecular formula is C11H22. The van der Waals surface area contributed by atoms with Crippen molar-refractivity contribution in [3.05, 3.63) is 0 Å². The van der Waals surface area contributed by atoms with Gasteiger partial charge in [0.25, 0.3) is 0 Å². The molecule has 1 saturated carbocycles. The van der Waals surface area contributed by atoms with Gasteiger partial charge in [-0.1, -0.05) is 34.1 Å². The maximum absolute atomic E-state index is 2.43. The van der Waals surface area contributed by atoms with Crippen molar-refractivity contribution in [1.82, 2.24) is 0 Å². The molecule has 0 saturated heterocycles. The summed E-state index contributed by atoms with van der Waals surface area (Å²) in [7, 11) is 0. The van der Waals surface area contributed by atoms with Crippen LogP contribution in [0.1, 0.15) is 47.0 Å². The highest BCUT2D eigenvalue weighted by Crippen LogP contribution is 2.37. The summed E-state index contributed by atoms with van der Waals surface area (Å²) in [6.07, 6.45) is 4.40. The zero-order valence-electron chi connectivity index (χ0n) is 8.43. The van der Waals surface area contributed by atoms with Gasteiger partial charge in [-0.05, 0) is 36.5 Å². The second-order valence-electron chi connectivity index (χ2n) is 4.80. The molecular weight excluding hydrogens is 132 g/mol. The van der Waals surface area contributed by atoms with Crippen molar-refractivity contribution in [3.63, 3.8) is 0 Å². The smallest absolute Gasteiger partial charge is 0.0365 e. The van der Waals surface area contributed by atoms with Gasteiger partial charge in [-0.25, -0.2) is 0 Å². The van der Waals surface area contributed by atoms with E-state index in [2.05, 4.69) is 27.7 Å². The molecule has 0 aliphatic heterocycles. The molecule has 0 radical (unpaired) electrons. The first-order valence-corrected chi connectivity index (χ1v) is 5.11. The van der Waals surface area contributed by atoms with E-state index >= 15 is 0 Å². The molecule has 0 bridgehead atoms. The molecule has 0 aromatic carbocycles. The van der Waals surface area contributed by atoms with Crippen molar-refractivity contribution in [3.8, 4) is 0 Å². The van der Waals surface area contributed by atoms with E-state index in [4.69, 9.17) is 0 Å². The average molecular weight is 154 g/mol. The van der Waals surface area contributed by atoms with E-state index in [1.54, 1.807) is 0 Å². The Balaban J connectivity index is 2.44. The Morgan fingerprint density at radius 1 is 1.09 bits per heavy atom. The van der Waals surface area contributed by atoms with Gasteiger partial charge < -0.3 is 0 Å². The summed E-state index contributed by atoms with van der Waals surface area (Å²) in [5, 5.41) is 0. The largest absolute Gasteiger partial charge is 0.0625 e. The van der Waals surface area contributed by atoms with E-state index in [0.717, 1.165) is 23.7 Å². The van der Waals surface area contributed by atoms with E-state index in [1.165, 1.54) is 19.3 Å². The maximum atomic E-state index is 2.43. The van der Waals surface area contributed by atoms with E-state index in [1.807, 2.05) is 0 Å². The lowest BCUT2D eigenvalue weighted by molar-refractivity contribution is 0.158. The monoisotopic (exact) mass is 154 g/mol. The van der Waals surface area contributed by atoms with E-state index in [0.29, 0.717) is 0 Å². The summed E-state index contributed by atoms with van der Waals surface area (Å²) in [5.41, 5.74) is 0. The van der Waals surface area contributed by atoms with E-state index < -0.39 is 0 Å². The molecule has 1 fully saturated rings. The fourth-order valence-electron chi connectivity index (χ4n) is 2.68. The van der Waals surface area contributed by atoms with Crippen molar-refractivity contribution >= 4 is 0 Å². The minimum Gasteiger partial charge on any atom is -0.0625 e. The van der Waals surface area contributed by atoms with Gasteiger partial charge in [0.05, 0.1) is 0 Å². The van der Waals surface area contributed by atoms with Crippen LogP contribution >= 0.6 is 0 Å². The second-order valence-corrected chi connectivity index (χ2v) is 4.80. The van der Waals surface area contributed by atoms with Crippen LogP contribution in [0.5, 0.6) is 0 Å². The number of hydrogen-bond donors (Lipinski definition) is 0. The van der Waals surface area contributed by atoms with Crippen LogP contribution < -0.4 is 0 Å². The van der Waals surface area contributed by atoms with Crippen LogP contribution in [0, 0.1) is 23.7 Å². The lowest BCUT2D eigenvalue weighted by Gasteiger charge is -2.35. The number of rotatable bonds is 1. The Morgan fingerprint density at radius 3 is 2.18 bits per heavy atom. The highest BCUT2D eigenvalue weighted by Gasteiger charge is 2.26. The van der Waals surface area contributed by atoms with Gasteiger partial charge in [0.1, 0.15) is 0 Å². The highest BCUT2D eigenvalue weighted by molar-refractivity contribution is 4.77. The SMILES string of the molecule is CC(C)C1CC[C@H](C)C[C@@H]1C. The first-order valence-electron chi connectivity index (χ1n) is 5.11. The summed E-state index contributed by atoms with van der Waals surface area (Å²) >= 11 is 0. The Kier molecular flexibility index (Phi) is 2.98. The summed E-state index contributed by atoms with van der Waals surface area (Å²) in [4.78, 5) is 0. The molecule has 1 unspecified atom stereocenters. The molecule has 11 heavy (non-hydrogen) atoms. The Morgan fingerprint density at radius 2 is 1.73 bits per heavy atom. The normalized spacial score (nSPS) is 39.5. The summed E-state index contributed by atoms with van der Waals surface area (Å²) < 4.78 is 0. The topological polar surface area (TPSA) is 0 Å². The molecule has 66 valence electrons. The van der Waals surface area contributed by atoms with Crippen molar-refractivity contribution in [2.75, 3.05) is 0 Å². The summed E-state index contributed by atoms with van der Waals surface area (Å²) in [6.45, 7) is 9.57. The van der Waals surface area contributed by atoms with E-state index in [9.17, 15) is 0 Å². The third kappa shape index (κ3) is 2.21. The predicted octanol–water partition coefficient (Wildman–Crippen LogP) is 3.71. The maximum Gasteiger partial charge on any atom is -0.0365 e. The third-order valence-electron chi connectivity index (χ3n) is 3.35. The van der Waals surface area contributed by atoms with Crippen molar-refractivity contribution < 1.29 is 0 Å². The zero-order chi connectivity index (χ0) is 8.43. The minimum absolute atomic E-state index is 0.900. The van der Waals surface area contributed by atoms with Gasteiger partial charge >= 0.3 is 0 Å². The Bertz CT molecular complexity index is 115. The molecule has 0 aromatic rings. The quantitative estimate of drug-likeness (QED) is 0.540. The van der Waals surface area contributed by atoms with Crippen molar-refractivity contribution in [2.45, 2.75) is 47.0 Å². The van der Waals surface area contributed by atoms with Gasteiger partial charge in [0.15, 0.2) is 0 Å². The molecule has 0 heteroatoms. The first kappa shape index (κ1) is 9.09. The fourth-order valence-corrected chi connectivity index (χ4v) is 2.68. The third-order valence-corrected chi connectivity index (χ3v) is 3.35. The van der Waals surface area contributed by atoms with Gasteiger partial charge in [-0.2, -0.15) is 0 Å². The number of hydrogen-bond acceptors (Lipinski definition) is 0. The second kappa shape index (κ2) is 3.60. The molecule has 0 amide bonds. The first-order chi connectivity index (χ1) is 5.11. The molecule has 1 aliphatic carbocycles. The molecule has 0 nitrogen and oxygen atoms in total. The molecule has 0 N–H and O–H groups in total. The van der Waals surface area contributed by atoms with Crippen LogP contribution in [0.2, 0.25) is 0 Å². The molecule has 0 aromatic heterocycles. The predicted molar refractivity (Wildman–Crippen MR) is 50.5 cm³/mol. The summed E-state index contributed by atoms with van der Waals surface area (Å²) in [6, 6.07) is 0. The fraction of sp³-hybridized carbons (Fsp3) is 1.00. The zero-order valence-corrected chi connectivity index (χ0v) is 8.43. The standard InChI is InChI=1S/C11H22/c1-8(2)11-6-5-9(3)7-10(11)4/h8-11H,5-7H2,1-4H3/t9-,10-,11?/m0/s1. The lowest BCUT2D eigenvalue weighted by Crippen LogP contribution is -2.25. The average Bonchev–Trinajstić information content (AvgIpc) is 1.85.